The number of allylic oxidation sites excluding steroid dienone is 3. The number of ether oxygens (including phenoxy) is 1. The second-order valence-electron chi connectivity index (χ2n) is 6.74. The van der Waals surface area contributed by atoms with E-state index in [0.29, 0.717) is 30.6 Å². The molecule has 0 unspecified atom stereocenters. The standard InChI is InChI=1S/C18H25F3O2/c1-2-13-3-5-14(6-4-13)7-8-15-9-11-16(12-10-15)23-17(22)18(19,20)21/h2,7-8,13-16H,1,3-6,9-12H2/b8-7+. The molecule has 2 nitrogen and oxygen atoms in total. The third-order valence-corrected chi connectivity index (χ3v) is 5.03. The Morgan fingerprint density at radius 2 is 1.30 bits per heavy atom. The van der Waals surface area contributed by atoms with Crippen molar-refractivity contribution in [3.05, 3.63) is 24.8 Å². The van der Waals surface area contributed by atoms with Crippen LogP contribution in [0.5, 0.6) is 0 Å². The molecule has 0 radical (unpaired) electrons. The van der Waals surface area contributed by atoms with Gasteiger partial charge in [-0.25, -0.2) is 4.79 Å². The van der Waals surface area contributed by atoms with E-state index >= 15 is 0 Å². The summed E-state index contributed by atoms with van der Waals surface area (Å²) in [6.07, 6.45) is 8.44. The zero-order valence-corrected chi connectivity index (χ0v) is 13.4. The Hall–Kier alpha value is -1.26. The molecule has 2 fully saturated rings. The van der Waals surface area contributed by atoms with Gasteiger partial charge in [0.15, 0.2) is 0 Å². The van der Waals surface area contributed by atoms with Crippen LogP contribution < -0.4 is 0 Å². The van der Waals surface area contributed by atoms with Crippen molar-refractivity contribution in [2.24, 2.45) is 17.8 Å². The summed E-state index contributed by atoms with van der Waals surface area (Å²) >= 11 is 0. The molecule has 2 rings (SSSR count). The van der Waals surface area contributed by atoms with Crippen LogP contribution in [-0.4, -0.2) is 18.2 Å². The maximum absolute atomic E-state index is 12.2. The van der Waals surface area contributed by atoms with Crippen LogP contribution in [-0.2, 0) is 9.53 Å². The molecule has 0 N–H and O–H groups in total. The SMILES string of the molecule is C=CC1CCC(/C=C/C2CCC(OC(=O)C(F)(F)F)CC2)CC1. The highest BCUT2D eigenvalue weighted by molar-refractivity contribution is 5.75. The lowest BCUT2D eigenvalue weighted by molar-refractivity contribution is -0.206. The number of hydrogen-bond acceptors (Lipinski definition) is 2. The molecule has 130 valence electrons. The predicted octanol–water partition coefficient (Wildman–Crippen LogP) is 5.20. The number of halogens is 3. The second kappa shape index (κ2) is 8.02. The van der Waals surface area contributed by atoms with E-state index in [1.807, 2.05) is 6.08 Å². The largest absolute Gasteiger partial charge is 0.490 e. The van der Waals surface area contributed by atoms with E-state index in [1.54, 1.807) is 0 Å². The van der Waals surface area contributed by atoms with Crippen molar-refractivity contribution >= 4 is 5.97 Å². The fourth-order valence-electron chi connectivity index (χ4n) is 3.50. The smallest absolute Gasteiger partial charge is 0.456 e. The average molecular weight is 330 g/mol. The van der Waals surface area contributed by atoms with E-state index < -0.39 is 18.2 Å². The molecule has 5 heteroatoms. The Bertz CT molecular complexity index is 426. The molecule has 2 aliphatic rings. The minimum Gasteiger partial charge on any atom is -0.456 e. The lowest BCUT2D eigenvalue weighted by atomic mass is 9.80. The van der Waals surface area contributed by atoms with Crippen LogP contribution in [0.25, 0.3) is 0 Å². The monoisotopic (exact) mass is 330 g/mol. The van der Waals surface area contributed by atoms with Crippen molar-refractivity contribution in [3.8, 4) is 0 Å². The molecule has 2 saturated carbocycles. The van der Waals surface area contributed by atoms with Gasteiger partial charge in [-0.05, 0) is 69.1 Å². The van der Waals surface area contributed by atoms with E-state index in [-0.39, 0.29) is 0 Å². The normalized spacial score (nSPS) is 32.7. The molecule has 0 aromatic heterocycles. The van der Waals surface area contributed by atoms with Gasteiger partial charge in [-0.3, -0.25) is 0 Å². The molecule has 0 aromatic rings. The van der Waals surface area contributed by atoms with Crippen LogP contribution in [0, 0.1) is 17.8 Å². The van der Waals surface area contributed by atoms with Gasteiger partial charge in [-0.1, -0.05) is 18.2 Å². The van der Waals surface area contributed by atoms with E-state index in [1.165, 1.54) is 25.7 Å². The first-order chi connectivity index (χ1) is 10.9. The van der Waals surface area contributed by atoms with Crippen molar-refractivity contribution in [1.29, 1.82) is 0 Å². The topological polar surface area (TPSA) is 26.3 Å². The Labute approximate surface area is 135 Å². The van der Waals surface area contributed by atoms with Gasteiger partial charge in [-0.2, -0.15) is 13.2 Å². The summed E-state index contributed by atoms with van der Waals surface area (Å²) in [6.45, 7) is 3.85. The molecule has 0 amide bonds. The molecule has 0 bridgehead atoms. The van der Waals surface area contributed by atoms with Gasteiger partial charge in [0.2, 0.25) is 0 Å². The Morgan fingerprint density at radius 1 is 0.870 bits per heavy atom. The summed E-state index contributed by atoms with van der Waals surface area (Å²) in [5, 5.41) is 0. The highest BCUT2D eigenvalue weighted by Gasteiger charge is 2.42. The molecule has 0 atom stereocenters. The highest BCUT2D eigenvalue weighted by Crippen LogP contribution is 2.33. The number of carbonyl (C=O) groups excluding carboxylic acids is 1. The van der Waals surface area contributed by atoms with Crippen molar-refractivity contribution in [1.82, 2.24) is 0 Å². The number of rotatable bonds is 4. The van der Waals surface area contributed by atoms with E-state index in [0.717, 1.165) is 12.8 Å². The summed E-state index contributed by atoms with van der Waals surface area (Å²) in [5.74, 6) is -0.395. The fraction of sp³-hybridized carbons (Fsp3) is 0.722. The first-order valence-electron chi connectivity index (χ1n) is 8.47. The van der Waals surface area contributed by atoms with Crippen LogP contribution in [0.15, 0.2) is 24.8 Å². The van der Waals surface area contributed by atoms with Gasteiger partial charge >= 0.3 is 12.1 Å². The number of hydrogen-bond donors (Lipinski definition) is 0. The molecule has 0 spiro atoms. The van der Waals surface area contributed by atoms with Crippen molar-refractivity contribution < 1.29 is 22.7 Å². The van der Waals surface area contributed by atoms with E-state index in [4.69, 9.17) is 0 Å². The number of esters is 1. The van der Waals surface area contributed by atoms with Crippen molar-refractivity contribution in [3.63, 3.8) is 0 Å². The van der Waals surface area contributed by atoms with Crippen LogP contribution in [0.4, 0.5) is 13.2 Å². The minimum atomic E-state index is -4.89. The Balaban J connectivity index is 1.69. The molecule has 0 aliphatic heterocycles. The van der Waals surface area contributed by atoms with Gasteiger partial charge < -0.3 is 4.74 Å². The molecule has 0 aromatic carbocycles. The minimum absolute atomic E-state index is 0.396. The zero-order chi connectivity index (χ0) is 16.9. The Kier molecular flexibility index (Phi) is 6.31. The van der Waals surface area contributed by atoms with Crippen molar-refractivity contribution in [2.45, 2.75) is 63.6 Å². The van der Waals surface area contributed by atoms with Crippen LogP contribution in [0.3, 0.4) is 0 Å². The third-order valence-electron chi connectivity index (χ3n) is 5.03. The molecule has 0 heterocycles. The summed E-state index contributed by atoms with van der Waals surface area (Å²) < 4.78 is 41.0. The lowest BCUT2D eigenvalue weighted by Gasteiger charge is -2.28. The van der Waals surface area contributed by atoms with E-state index in [2.05, 4.69) is 23.5 Å². The maximum atomic E-state index is 12.2. The van der Waals surface area contributed by atoms with Crippen LogP contribution in [0.2, 0.25) is 0 Å². The lowest BCUT2D eigenvalue weighted by Crippen LogP contribution is -2.32. The number of alkyl halides is 3. The number of carbonyl (C=O) groups is 1. The zero-order valence-electron chi connectivity index (χ0n) is 13.4. The van der Waals surface area contributed by atoms with Crippen LogP contribution in [0.1, 0.15) is 51.4 Å². The summed E-state index contributed by atoms with van der Waals surface area (Å²) in [5.41, 5.74) is 0. The molecular weight excluding hydrogens is 305 g/mol. The highest BCUT2D eigenvalue weighted by atomic mass is 19.4. The Morgan fingerprint density at radius 3 is 1.74 bits per heavy atom. The van der Waals surface area contributed by atoms with Crippen molar-refractivity contribution in [2.75, 3.05) is 0 Å². The van der Waals surface area contributed by atoms with Gasteiger partial charge in [0.05, 0.1) is 0 Å². The molecule has 23 heavy (non-hydrogen) atoms. The summed E-state index contributed by atoms with van der Waals surface area (Å²) in [4.78, 5) is 10.8. The van der Waals surface area contributed by atoms with Gasteiger partial charge in [0.25, 0.3) is 0 Å². The summed E-state index contributed by atoms with van der Waals surface area (Å²) in [7, 11) is 0. The van der Waals surface area contributed by atoms with Crippen LogP contribution >= 0.6 is 0 Å². The predicted molar refractivity (Wildman–Crippen MR) is 82.7 cm³/mol. The maximum Gasteiger partial charge on any atom is 0.490 e. The third kappa shape index (κ3) is 5.70. The fourth-order valence-corrected chi connectivity index (χ4v) is 3.50. The quantitative estimate of drug-likeness (QED) is 0.523. The van der Waals surface area contributed by atoms with Gasteiger partial charge in [-0.15, -0.1) is 6.58 Å². The van der Waals surface area contributed by atoms with Gasteiger partial charge in [0, 0.05) is 0 Å². The first-order valence-corrected chi connectivity index (χ1v) is 8.47. The molecular formula is C18H25F3O2. The summed E-state index contributed by atoms with van der Waals surface area (Å²) in [6, 6.07) is 0. The van der Waals surface area contributed by atoms with Gasteiger partial charge in [0.1, 0.15) is 6.10 Å². The molecule has 2 aliphatic carbocycles. The van der Waals surface area contributed by atoms with E-state index in [9.17, 15) is 18.0 Å². The molecule has 0 saturated heterocycles. The average Bonchev–Trinajstić information content (AvgIpc) is 2.54. The first kappa shape index (κ1) is 18.1. The second-order valence-corrected chi connectivity index (χ2v) is 6.74.